The zero-order chi connectivity index (χ0) is 68.0. The van der Waals surface area contributed by atoms with E-state index in [0.717, 1.165) is 61.2 Å². The predicted molar refractivity (Wildman–Crippen MR) is 360 cm³/mol. The van der Waals surface area contributed by atoms with Crippen LogP contribution in [-0.4, -0.2) is 101 Å². The van der Waals surface area contributed by atoms with Gasteiger partial charge >= 0.3 is 41.8 Å². The van der Waals surface area contributed by atoms with Crippen molar-refractivity contribution < 1.29 is 80.9 Å². The second-order valence-corrected chi connectivity index (χ2v) is 27.5. The van der Waals surface area contributed by atoms with Crippen molar-refractivity contribution >= 4 is 74.1 Å². The molecule has 0 N–H and O–H groups in total. The first-order valence-electron chi connectivity index (χ1n) is 33.7. The first-order chi connectivity index (χ1) is 46.1. The van der Waals surface area contributed by atoms with Crippen LogP contribution >= 0.6 is 0 Å². The van der Waals surface area contributed by atoms with Gasteiger partial charge in [-0.1, -0.05) is 124 Å². The van der Waals surface area contributed by atoms with Crippen LogP contribution < -0.4 is 14.2 Å². The van der Waals surface area contributed by atoms with Crippen molar-refractivity contribution in [2.24, 2.45) is 46.3 Å². The Bertz CT molecular complexity index is 4010. The highest BCUT2D eigenvalue weighted by Crippen LogP contribution is 2.69. The van der Waals surface area contributed by atoms with Gasteiger partial charge in [0.1, 0.15) is 42.2 Å². The molecule has 4 aliphatic carbocycles. The van der Waals surface area contributed by atoms with Crippen molar-refractivity contribution in [3.05, 3.63) is 162 Å². The van der Waals surface area contributed by atoms with E-state index in [1.165, 1.54) is 0 Å². The third-order valence-corrected chi connectivity index (χ3v) is 22.1. The van der Waals surface area contributed by atoms with Gasteiger partial charge in [0.15, 0.2) is 19.8 Å². The Morgan fingerprint density at radius 2 is 0.927 bits per heavy atom. The van der Waals surface area contributed by atoms with Crippen LogP contribution in [0.4, 0.5) is 0 Å². The molecule has 0 heterocycles. The Morgan fingerprint density at radius 1 is 0.469 bits per heavy atom. The molecule has 11 rings (SSSR count). The lowest BCUT2D eigenvalue weighted by Gasteiger charge is -2.64. The van der Waals surface area contributed by atoms with E-state index in [4.69, 9.17) is 47.4 Å². The molecule has 0 aliphatic heterocycles. The summed E-state index contributed by atoms with van der Waals surface area (Å²) in [7, 11) is 4.82. The van der Waals surface area contributed by atoms with Gasteiger partial charge in [-0.15, -0.1) is 0 Å². The monoisotopic (exact) mass is 1310 g/mol. The van der Waals surface area contributed by atoms with E-state index in [-0.39, 0.29) is 54.5 Å². The summed E-state index contributed by atoms with van der Waals surface area (Å²) >= 11 is 0. The highest BCUT2D eigenvalue weighted by molar-refractivity contribution is 5.90. The summed E-state index contributed by atoms with van der Waals surface area (Å²) < 4.78 is 58.7. The zero-order valence-electron chi connectivity index (χ0n) is 56.3. The number of carbonyl (C=O) groups is 7. The summed E-state index contributed by atoms with van der Waals surface area (Å²) in [6, 6.07) is 43.7. The van der Waals surface area contributed by atoms with Gasteiger partial charge in [0, 0.05) is 17.8 Å². The van der Waals surface area contributed by atoms with E-state index in [9.17, 15) is 33.6 Å². The van der Waals surface area contributed by atoms with Crippen LogP contribution in [0.25, 0.3) is 32.3 Å². The number of methoxy groups -OCH3 is 3. The van der Waals surface area contributed by atoms with Gasteiger partial charge in [0.25, 0.3) is 0 Å². The zero-order valence-corrected chi connectivity index (χ0v) is 56.3. The standard InChI is InChI=1S/C79H88O17/c1-46(15-30-70(80)90-42-50-13-11-10-12-14-50)65-28-29-66-74-67(41-69(79(65,66)6)96-73(83)45-93-77(86)49(4)53-18-21-59-38-63(89-9)27-24-56(59)35-53)78(5)32-31-64(94-71(81)43-91-75(84)47(2)51-16-19-57-36-61(87-7)25-22-54(57)33-51)39-60(78)40-68(74)95-72(82)44-92-76(85)48(3)52-17-20-58-37-62(88-8)26-23-55(58)34-52/h10-14,16-27,33-38,46-49,60,64-69,74H,15,28-32,39-45H2,1-9H3/t46-,47+,48+,49+,60+,64-,65-,66+,67+,68-,69+,74+,78+,79-/m1/s1. The minimum Gasteiger partial charge on any atom is -0.497 e. The van der Waals surface area contributed by atoms with Crippen LogP contribution in [-0.2, 0) is 73.3 Å². The molecule has 17 heteroatoms. The molecule has 0 unspecified atom stereocenters. The van der Waals surface area contributed by atoms with Crippen LogP contribution in [0.1, 0.15) is 139 Å². The number of hydrogen-bond donors (Lipinski definition) is 0. The Hall–Kier alpha value is -8.99. The molecule has 96 heavy (non-hydrogen) atoms. The van der Waals surface area contributed by atoms with Crippen LogP contribution in [0.3, 0.4) is 0 Å². The Kier molecular flexibility index (Phi) is 21.1. The fraction of sp³-hybridized carbons (Fsp3) is 0.456. The van der Waals surface area contributed by atoms with Crippen molar-refractivity contribution in [1.29, 1.82) is 0 Å². The molecule has 0 radical (unpaired) electrons. The first-order valence-corrected chi connectivity index (χ1v) is 33.7. The largest absolute Gasteiger partial charge is 0.497 e. The summed E-state index contributed by atoms with van der Waals surface area (Å²) in [6.45, 7) is 10.1. The SMILES string of the molecule is COc1ccc2cc([C@H](C)C(=O)OCC(=O)O[C@@H]3CC[C@@]4(C)[C@@H](C3)C[C@@H](OC(=O)COC(=O)[C@@H](C)c3ccc5cc(OC)ccc5c3)[C@@H]3[C@@H]4C[C@H](OC(=O)COC(=O)[C@@H](C)c4ccc5cc(OC)ccc5c4)[C@]4(C)[C@@H]([C@H](C)CCC(=O)OCc5ccccc5)CC[C@@H]34)ccc2c1. The lowest BCUT2D eigenvalue weighted by atomic mass is 9.43. The van der Waals surface area contributed by atoms with E-state index in [1.54, 1.807) is 42.1 Å². The number of ether oxygens (including phenoxy) is 10. The summed E-state index contributed by atoms with van der Waals surface area (Å²) in [5.41, 5.74) is 1.85. The maximum absolute atomic E-state index is 14.5. The van der Waals surface area contributed by atoms with E-state index >= 15 is 0 Å². The van der Waals surface area contributed by atoms with Crippen molar-refractivity contribution in [1.82, 2.24) is 0 Å². The molecule has 0 bridgehead atoms. The number of carbonyl (C=O) groups excluding carboxylic acids is 7. The lowest BCUT2D eigenvalue weighted by Crippen LogP contribution is -2.63. The summed E-state index contributed by atoms with van der Waals surface area (Å²) in [5.74, 6) is -5.10. The molecule has 14 atom stereocenters. The maximum atomic E-state index is 14.5. The number of rotatable bonds is 24. The summed E-state index contributed by atoms with van der Waals surface area (Å²) in [4.78, 5) is 97.4. The Labute approximate surface area is 561 Å². The smallest absolute Gasteiger partial charge is 0.344 e. The molecule has 0 saturated heterocycles. The van der Waals surface area contributed by atoms with Gasteiger partial charge < -0.3 is 47.4 Å². The molecule has 0 amide bonds. The molecule has 7 aromatic rings. The minimum absolute atomic E-state index is 0.0557. The topological polar surface area (TPSA) is 212 Å². The molecular formula is C79H88O17. The Balaban J connectivity index is 0.829. The molecule has 4 saturated carbocycles. The van der Waals surface area contributed by atoms with Crippen molar-refractivity contribution in [3.8, 4) is 17.2 Å². The van der Waals surface area contributed by atoms with Crippen molar-refractivity contribution in [2.45, 2.75) is 142 Å². The summed E-state index contributed by atoms with van der Waals surface area (Å²) in [6.07, 6.45) is 2.39. The summed E-state index contributed by atoms with van der Waals surface area (Å²) in [5, 5.41) is 5.58. The van der Waals surface area contributed by atoms with Crippen molar-refractivity contribution in [3.63, 3.8) is 0 Å². The minimum atomic E-state index is -0.736. The third-order valence-electron chi connectivity index (χ3n) is 22.1. The second-order valence-electron chi connectivity index (χ2n) is 27.5. The highest BCUT2D eigenvalue weighted by Gasteiger charge is 2.68. The fourth-order valence-corrected chi connectivity index (χ4v) is 16.5. The van der Waals surface area contributed by atoms with E-state index in [0.29, 0.717) is 62.0 Å². The first kappa shape index (κ1) is 68.4. The maximum Gasteiger partial charge on any atom is 0.344 e. The molecule has 7 aromatic carbocycles. The van der Waals surface area contributed by atoms with Crippen LogP contribution in [0.5, 0.6) is 17.2 Å². The fourth-order valence-electron chi connectivity index (χ4n) is 16.5. The molecule has 0 aromatic heterocycles. The van der Waals surface area contributed by atoms with E-state index in [2.05, 4.69) is 20.8 Å². The molecule has 17 nitrogen and oxygen atoms in total. The third kappa shape index (κ3) is 14.8. The van der Waals surface area contributed by atoms with Crippen LogP contribution in [0.2, 0.25) is 0 Å². The van der Waals surface area contributed by atoms with Gasteiger partial charge in [0.05, 0.1) is 39.1 Å². The highest BCUT2D eigenvalue weighted by atomic mass is 16.6. The van der Waals surface area contributed by atoms with Crippen LogP contribution in [0.15, 0.2) is 140 Å². The van der Waals surface area contributed by atoms with Gasteiger partial charge in [-0.3, -0.25) is 19.2 Å². The van der Waals surface area contributed by atoms with E-state index < -0.39 is 103 Å². The number of fused-ring (bicyclic) bond motifs is 8. The van der Waals surface area contributed by atoms with Crippen molar-refractivity contribution in [2.75, 3.05) is 41.2 Å². The molecule has 4 aliphatic rings. The molecule has 4 fully saturated rings. The predicted octanol–water partition coefficient (Wildman–Crippen LogP) is 14.3. The second kappa shape index (κ2) is 29.6. The Morgan fingerprint density at radius 3 is 1.42 bits per heavy atom. The quantitative estimate of drug-likeness (QED) is 0.0406. The van der Waals surface area contributed by atoms with Gasteiger partial charge in [-0.2, -0.15) is 0 Å². The molecule has 506 valence electrons. The normalized spacial score (nSPS) is 24.7. The molecule has 0 spiro atoms. The van der Waals surface area contributed by atoms with Gasteiger partial charge in [-0.25, -0.2) is 14.4 Å². The van der Waals surface area contributed by atoms with Gasteiger partial charge in [0.2, 0.25) is 0 Å². The van der Waals surface area contributed by atoms with Gasteiger partial charge in [-0.05, 0) is 198 Å². The number of hydrogen-bond acceptors (Lipinski definition) is 17. The average Bonchev–Trinajstić information content (AvgIpc) is 1.36. The molecular weight excluding hydrogens is 1220 g/mol. The number of benzene rings is 7. The van der Waals surface area contributed by atoms with E-state index in [1.807, 2.05) is 140 Å². The lowest BCUT2D eigenvalue weighted by molar-refractivity contribution is -0.228. The number of esters is 7. The average molecular weight is 1310 g/mol. The van der Waals surface area contributed by atoms with Crippen LogP contribution in [0, 0.1) is 46.3 Å².